The monoisotopic (exact) mass is 361 g/mol. The number of fused-ring (bicyclic) bond motifs is 1. The first-order chi connectivity index (χ1) is 12.7. The van der Waals surface area contributed by atoms with Crippen LogP contribution in [0.5, 0.6) is 0 Å². The van der Waals surface area contributed by atoms with Gasteiger partial charge in [0.1, 0.15) is 5.52 Å². The van der Waals surface area contributed by atoms with E-state index in [1.807, 2.05) is 66.7 Å². The van der Waals surface area contributed by atoms with Crippen LogP contribution in [0.1, 0.15) is 10.4 Å². The van der Waals surface area contributed by atoms with E-state index in [0.717, 1.165) is 9.79 Å². The van der Waals surface area contributed by atoms with Crippen LogP contribution in [0.15, 0.2) is 87.0 Å². The lowest BCUT2D eigenvalue weighted by Gasteiger charge is -2.08. The minimum Gasteiger partial charge on any atom is -0.423 e. The number of benzene rings is 3. The molecule has 1 heterocycles. The number of nitrogens with one attached hydrogen (secondary N) is 1. The van der Waals surface area contributed by atoms with Crippen LogP contribution >= 0.6 is 11.8 Å². The van der Waals surface area contributed by atoms with Gasteiger partial charge in [0.2, 0.25) is 0 Å². The highest BCUT2D eigenvalue weighted by atomic mass is 32.2. The molecule has 0 bridgehead atoms. The summed E-state index contributed by atoms with van der Waals surface area (Å²) >= 11 is 1.50. The van der Waals surface area contributed by atoms with Crippen LogP contribution in [0, 0.1) is 0 Å². The van der Waals surface area contributed by atoms with Crippen molar-refractivity contribution in [3.05, 3.63) is 78.4 Å². The predicted octanol–water partition coefficient (Wildman–Crippen LogP) is 4.81. The van der Waals surface area contributed by atoms with Crippen LogP contribution in [-0.4, -0.2) is 10.9 Å². The summed E-state index contributed by atoms with van der Waals surface area (Å²) in [7, 11) is 0. The van der Waals surface area contributed by atoms with E-state index in [9.17, 15) is 4.79 Å². The van der Waals surface area contributed by atoms with E-state index in [1.165, 1.54) is 11.8 Å². The summed E-state index contributed by atoms with van der Waals surface area (Å²) in [5.74, 6) is -0.268. The molecule has 0 radical (unpaired) electrons. The number of nitrogen functional groups attached to an aromatic ring is 1. The highest BCUT2D eigenvalue weighted by Gasteiger charge is 2.15. The van der Waals surface area contributed by atoms with Gasteiger partial charge in [0.05, 0.1) is 5.56 Å². The average molecular weight is 361 g/mol. The van der Waals surface area contributed by atoms with E-state index in [1.54, 1.807) is 6.07 Å². The Balaban J connectivity index is 1.58. The molecule has 3 N–H and O–H groups in total. The van der Waals surface area contributed by atoms with Crippen molar-refractivity contribution in [3.63, 3.8) is 0 Å². The number of oxazole rings is 1. The largest absolute Gasteiger partial charge is 0.423 e. The molecule has 5 nitrogen and oxygen atoms in total. The molecule has 0 aliphatic rings. The summed E-state index contributed by atoms with van der Waals surface area (Å²) in [6.07, 6.45) is 0. The van der Waals surface area contributed by atoms with Crippen LogP contribution in [0.3, 0.4) is 0 Å². The SMILES string of the molecule is Nc1ccc(Sc2ccccc2C(=O)Nc2nc3ccccc3o2)cc1. The molecule has 1 amide bonds. The number of aromatic nitrogens is 1. The van der Waals surface area contributed by atoms with Crippen molar-refractivity contribution >= 4 is 40.5 Å². The second-order valence-electron chi connectivity index (χ2n) is 5.61. The van der Waals surface area contributed by atoms with Gasteiger partial charge in [-0.2, -0.15) is 4.98 Å². The van der Waals surface area contributed by atoms with Crippen molar-refractivity contribution < 1.29 is 9.21 Å². The summed E-state index contributed by atoms with van der Waals surface area (Å²) in [5, 5.41) is 2.73. The van der Waals surface area contributed by atoms with E-state index < -0.39 is 0 Å². The standard InChI is InChI=1S/C20H15N3O2S/c21-13-9-11-14(12-10-13)26-18-8-4-1-5-15(18)19(24)23-20-22-16-6-2-3-7-17(16)25-20/h1-12H,21H2,(H,22,23,24). The highest BCUT2D eigenvalue weighted by Crippen LogP contribution is 2.31. The Morgan fingerprint density at radius 2 is 1.69 bits per heavy atom. The van der Waals surface area contributed by atoms with Gasteiger partial charge in [0.15, 0.2) is 5.58 Å². The fourth-order valence-electron chi connectivity index (χ4n) is 2.50. The number of para-hydroxylation sites is 2. The Labute approximate surface area is 154 Å². The fraction of sp³-hybridized carbons (Fsp3) is 0. The number of nitrogens with zero attached hydrogens (tertiary/aromatic N) is 1. The van der Waals surface area contributed by atoms with Crippen LogP contribution in [0.2, 0.25) is 0 Å². The number of carbonyl (C=O) groups is 1. The maximum atomic E-state index is 12.7. The van der Waals surface area contributed by atoms with Crippen molar-refractivity contribution in [2.75, 3.05) is 11.1 Å². The molecular formula is C20H15N3O2S. The molecule has 4 rings (SSSR count). The average Bonchev–Trinajstić information content (AvgIpc) is 3.06. The normalized spacial score (nSPS) is 10.8. The molecule has 0 saturated carbocycles. The Bertz CT molecular complexity index is 1040. The lowest BCUT2D eigenvalue weighted by molar-refractivity contribution is 0.102. The van der Waals surface area contributed by atoms with Gasteiger partial charge in [0.25, 0.3) is 5.91 Å². The van der Waals surface area contributed by atoms with Gasteiger partial charge in [-0.25, -0.2) is 0 Å². The van der Waals surface area contributed by atoms with Gasteiger partial charge in [-0.15, -0.1) is 0 Å². The number of rotatable bonds is 4. The summed E-state index contributed by atoms with van der Waals surface area (Å²) in [5.41, 5.74) is 8.32. The molecule has 0 aliphatic heterocycles. The molecule has 6 heteroatoms. The number of nitrogens with two attached hydrogens (primary N) is 1. The molecule has 26 heavy (non-hydrogen) atoms. The second kappa shape index (κ2) is 6.93. The molecule has 0 aliphatic carbocycles. The van der Waals surface area contributed by atoms with Crippen molar-refractivity contribution in [1.29, 1.82) is 0 Å². The van der Waals surface area contributed by atoms with E-state index >= 15 is 0 Å². The molecule has 0 saturated heterocycles. The quantitative estimate of drug-likeness (QED) is 0.510. The van der Waals surface area contributed by atoms with E-state index in [-0.39, 0.29) is 11.9 Å². The topological polar surface area (TPSA) is 81.2 Å². The summed E-state index contributed by atoms with van der Waals surface area (Å²) in [6.45, 7) is 0. The maximum absolute atomic E-state index is 12.7. The first-order valence-corrected chi connectivity index (χ1v) is 8.80. The number of hydrogen-bond acceptors (Lipinski definition) is 5. The summed E-state index contributed by atoms with van der Waals surface area (Å²) < 4.78 is 5.57. The highest BCUT2D eigenvalue weighted by molar-refractivity contribution is 7.99. The third-order valence-electron chi connectivity index (χ3n) is 3.75. The molecule has 0 atom stereocenters. The Hall–Kier alpha value is -3.25. The molecule has 1 aromatic heterocycles. The van der Waals surface area contributed by atoms with E-state index in [0.29, 0.717) is 22.4 Å². The third kappa shape index (κ3) is 3.41. The first-order valence-electron chi connectivity index (χ1n) is 7.98. The van der Waals surface area contributed by atoms with Crippen molar-refractivity contribution in [2.45, 2.75) is 9.79 Å². The molecule has 0 fully saturated rings. The Kier molecular flexibility index (Phi) is 4.33. The van der Waals surface area contributed by atoms with Gasteiger partial charge < -0.3 is 10.2 Å². The molecular weight excluding hydrogens is 346 g/mol. The second-order valence-corrected chi connectivity index (χ2v) is 6.72. The van der Waals surface area contributed by atoms with E-state index in [4.69, 9.17) is 10.2 Å². The molecule has 0 spiro atoms. The minimum absolute atomic E-state index is 0.184. The zero-order chi connectivity index (χ0) is 17.9. The Morgan fingerprint density at radius 3 is 2.50 bits per heavy atom. The van der Waals surface area contributed by atoms with Crippen LogP contribution in [-0.2, 0) is 0 Å². The third-order valence-corrected chi connectivity index (χ3v) is 4.84. The van der Waals surface area contributed by atoms with Crippen LogP contribution < -0.4 is 11.1 Å². The first kappa shape index (κ1) is 16.2. The van der Waals surface area contributed by atoms with Crippen LogP contribution in [0.4, 0.5) is 11.7 Å². The number of carbonyl (C=O) groups excluding carboxylic acids is 1. The van der Waals surface area contributed by atoms with E-state index in [2.05, 4.69) is 10.3 Å². The molecule has 128 valence electrons. The predicted molar refractivity (Wildman–Crippen MR) is 103 cm³/mol. The number of anilines is 2. The maximum Gasteiger partial charge on any atom is 0.302 e. The Morgan fingerprint density at radius 1 is 0.962 bits per heavy atom. The summed E-state index contributed by atoms with van der Waals surface area (Å²) in [4.78, 5) is 18.8. The van der Waals surface area contributed by atoms with Crippen molar-refractivity contribution in [1.82, 2.24) is 4.98 Å². The van der Waals surface area contributed by atoms with Gasteiger partial charge >= 0.3 is 6.01 Å². The molecule has 3 aromatic carbocycles. The molecule has 0 unspecified atom stereocenters. The number of hydrogen-bond donors (Lipinski definition) is 2. The summed E-state index contributed by atoms with van der Waals surface area (Å²) in [6, 6.07) is 22.5. The van der Waals surface area contributed by atoms with Crippen LogP contribution in [0.25, 0.3) is 11.1 Å². The zero-order valence-electron chi connectivity index (χ0n) is 13.7. The van der Waals surface area contributed by atoms with Gasteiger partial charge in [0, 0.05) is 15.5 Å². The zero-order valence-corrected chi connectivity index (χ0v) is 14.5. The van der Waals surface area contributed by atoms with Crippen molar-refractivity contribution in [3.8, 4) is 0 Å². The van der Waals surface area contributed by atoms with Crippen molar-refractivity contribution in [2.24, 2.45) is 0 Å². The van der Waals surface area contributed by atoms with Gasteiger partial charge in [-0.05, 0) is 48.5 Å². The lowest BCUT2D eigenvalue weighted by atomic mass is 10.2. The minimum atomic E-state index is -0.268. The number of amides is 1. The van der Waals surface area contributed by atoms with Gasteiger partial charge in [-0.1, -0.05) is 36.0 Å². The molecule has 4 aromatic rings. The lowest BCUT2D eigenvalue weighted by Crippen LogP contribution is -2.13. The smallest absolute Gasteiger partial charge is 0.302 e. The fourth-order valence-corrected chi connectivity index (χ4v) is 3.44. The van der Waals surface area contributed by atoms with Gasteiger partial charge in [-0.3, -0.25) is 10.1 Å².